The highest BCUT2D eigenvalue weighted by atomic mass is 35.5. The molecule has 0 aliphatic rings. The van der Waals surface area contributed by atoms with Crippen molar-refractivity contribution in [2.75, 3.05) is 0 Å². The molecular weight excluding hydrogens is 292 g/mol. The maximum Gasteiger partial charge on any atom is 0.172 e. The Morgan fingerprint density at radius 1 is 1.00 bits per heavy atom. The Balaban J connectivity index is 3.27. The molecule has 0 bridgehead atoms. The van der Waals surface area contributed by atoms with Gasteiger partial charge in [0.15, 0.2) is 5.56 Å². The van der Waals surface area contributed by atoms with Crippen LogP contribution in [-0.2, 0) is 10.8 Å². The van der Waals surface area contributed by atoms with Gasteiger partial charge in [0.25, 0.3) is 0 Å². The molecule has 0 aliphatic heterocycles. The van der Waals surface area contributed by atoms with Crippen molar-refractivity contribution in [2.24, 2.45) is 0 Å². The highest BCUT2D eigenvalue weighted by molar-refractivity contribution is 6.19. The number of benzene rings is 1. The zero-order valence-corrected chi connectivity index (χ0v) is 16.2. The molecule has 2 heteroatoms. The minimum Gasteiger partial charge on any atom is -0.474 e. The van der Waals surface area contributed by atoms with E-state index in [9.17, 15) is 0 Å². The summed E-state index contributed by atoms with van der Waals surface area (Å²) < 4.78 is 6.04. The largest absolute Gasteiger partial charge is 0.474 e. The topological polar surface area (TPSA) is 9.23 Å². The fourth-order valence-corrected chi connectivity index (χ4v) is 2.72. The molecule has 0 saturated heterocycles. The molecule has 0 radical (unpaired) electrons. The third-order valence-corrected chi connectivity index (χ3v) is 5.34. The Hall–Kier alpha value is -0.690. The first-order chi connectivity index (χ1) is 10.2. The number of halogens is 1. The molecule has 1 aromatic rings. The van der Waals surface area contributed by atoms with Gasteiger partial charge in [0.2, 0.25) is 0 Å². The summed E-state index contributed by atoms with van der Waals surface area (Å²) in [5.41, 5.74) is 2.66. The van der Waals surface area contributed by atoms with Crippen LogP contribution in [0.2, 0.25) is 0 Å². The second-order valence-electron chi connectivity index (χ2n) is 7.50. The molecule has 0 amide bonds. The lowest BCUT2D eigenvalue weighted by atomic mass is 9.76. The molecule has 1 aromatic carbocycles. The zero-order valence-electron chi connectivity index (χ0n) is 15.4. The molecule has 0 heterocycles. The molecule has 1 rings (SSSR count). The number of hydrogen-bond donors (Lipinski definition) is 0. The lowest BCUT2D eigenvalue weighted by Gasteiger charge is -2.31. The van der Waals surface area contributed by atoms with Crippen molar-refractivity contribution >= 4 is 11.6 Å². The van der Waals surface area contributed by atoms with E-state index in [1.165, 1.54) is 11.1 Å². The van der Waals surface area contributed by atoms with Crippen LogP contribution in [-0.4, -0.2) is 5.56 Å². The molecule has 1 unspecified atom stereocenters. The molecule has 126 valence electrons. The van der Waals surface area contributed by atoms with E-state index in [1.807, 2.05) is 0 Å². The van der Waals surface area contributed by atoms with Crippen LogP contribution in [0, 0.1) is 0 Å². The molecule has 0 aliphatic carbocycles. The fraction of sp³-hybridized carbons (Fsp3) is 0.700. The van der Waals surface area contributed by atoms with E-state index in [-0.39, 0.29) is 16.4 Å². The van der Waals surface area contributed by atoms with Crippen molar-refractivity contribution in [2.45, 2.75) is 90.5 Å². The summed E-state index contributed by atoms with van der Waals surface area (Å²) in [6, 6.07) is 6.64. The summed E-state index contributed by atoms with van der Waals surface area (Å²) in [7, 11) is 0. The third kappa shape index (κ3) is 4.65. The molecule has 0 fully saturated rings. The average molecular weight is 325 g/mol. The molecule has 0 N–H and O–H groups in total. The molecule has 22 heavy (non-hydrogen) atoms. The van der Waals surface area contributed by atoms with E-state index in [0.717, 1.165) is 31.4 Å². The molecule has 1 nitrogen and oxygen atoms in total. The van der Waals surface area contributed by atoms with Gasteiger partial charge < -0.3 is 4.74 Å². The van der Waals surface area contributed by atoms with E-state index in [1.54, 1.807) is 0 Å². The van der Waals surface area contributed by atoms with Crippen molar-refractivity contribution in [3.63, 3.8) is 0 Å². The van der Waals surface area contributed by atoms with Gasteiger partial charge in [-0.2, -0.15) is 0 Å². The predicted molar refractivity (Wildman–Crippen MR) is 98.3 cm³/mol. The van der Waals surface area contributed by atoms with Crippen molar-refractivity contribution < 1.29 is 4.74 Å². The summed E-state index contributed by atoms with van der Waals surface area (Å²) >= 11 is 6.32. The fourth-order valence-electron chi connectivity index (χ4n) is 2.40. The quantitative estimate of drug-likeness (QED) is 0.477. The Kier molecular flexibility index (Phi) is 6.80. The summed E-state index contributed by atoms with van der Waals surface area (Å²) in [5, 5.41) is 0. The van der Waals surface area contributed by atoms with Gasteiger partial charge in [-0.3, -0.25) is 0 Å². The van der Waals surface area contributed by atoms with Crippen LogP contribution < -0.4 is 4.74 Å². The highest BCUT2D eigenvalue weighted by Gasteiger charge is 2.27. The lowest BCUT2D eigenvalue weighted by molar-refractivity contribution is 0.261. The number of rotatable bonds is 8. The van der Waals surface area contributed by atoms with E-state index in [0.29, 0.717) is 0 Å². The predicted octanol–water partition coefficient (Wildman–Crippen LogP) is 6.81. The van der Waals surface area contributed by atoms with Gasteiger partial charge in [0.05, 0.1) is 0 Å². The monoisotopic (exact) mass is 324 g/mol. The average Bonchev–Trinajstić information content (AvgIpc) is 2.47. The molecule has 0 spiro atoms. The van der Waals surface area contributed by atoms with Crippen LogP contribution in [0.4, 0.5) is 0 Å². The van der Waals surface area contributed by atoms with Gasteiger partial charge in [-0.15, -0.1) is 0 Å². The highest BCUT2D eigenvalue weighted by Crippen LogP contribution is 2.39. The minimum absolute atomic E-state index is 0.0813. The Morgan fingerprint density at radius 3 is 2.09 bits per heavy atom. The molecule has 0 saturated carbocycles. The standard InChI is InChI=1S/C20H33ClO/c1-8-11-18(21)22-17-13-12-15(19(4,5)9-2)14-16(17)20(6,7)10-3/h12-14,18H,8-11H2,1-7H3. The summed E-state index contributed by atoms with van der Waals surface area (Å²) in [4.78, 5) is 0. The number of hydrogen-bond acceptors (Lipinski definition) is 1. The van der Waals surface area contributed by atoms with Crippen molar-refractivity contribution in [3.8, 4) is 5.75 Å². The van der Waals surface area contributed by atoms with Crippen LogP contribution in [0.3, 0.4) is 0 Å². The van der Waals surface area contributed by atoms with Crippen LogP contribution in [0.15, 0.2) is 18.2 Å². The van der Waals surface area contributed by atoms with E-state index < -0.39 is 0 Å². The van der Waals surface area contributed by atoms with E-state index >= 15 is 0 Å². The first kappa shape index (κ1) is 19.4. The zero-order chi connectivity index (χ0) is 17.0. The third-order valence-electron chi connectivity index (χ3n) is 5.03. The lowest BCUT2D eigenvalue weighted by Crippen LogP contribution is -2.22. The molecule has 1 atom stereocenters. The number of ether oxygens (including phenoxy) is 1. The Bertz CT molecular complexity index is 477. The van der Waals surface area contributed by atoms with Gasteiger partial charge in [-0.1, -0.05) is 78.6 Å². The van der Waals surface area contributed by atoms with Crippen LogP contribution in [0.1, 0.15) is 85.3 Å². The first-order valence-electron chi connectivity index (χ1n) is 8.63. The maximum atomic E-state index is 6.32. The van der Waals surface area contributed by atoms with Crippen molar-refractivity contribution in [3.05, 3.63) is 29.3 Å². The second-order valence-corrected chi connectivity index (χ2v) is 7.99. The maximum absolute atomic E-state index is 6.32. The SMILES string of the molecule is CCCC(Cl)Oc1ccc(C(C)(C)CC)cc1C(C)(C)CC. The summed E-state index contributed by atoms with van der Waals surface area (Å²) in [5.74, 6) is 0.941. The van der Waals surface area contributed by atoms with Crippen molar-refractivity contribution in [1.29, 1.82) is 0 Å². The minimum atomic E-state index is -0.249. The van der Waals surface area contributed by atoms with Crippen LogP contribution in [0.5, 0.6) is 5.75 Å². The van der Waals surface area contributed by atoms with Crippen LogP contribution >= 0.6 is 11.6 Å². The van der Waals surface area contributed by atoms with E-state index in [4.69, 9.17) is 16.3 Å². The van der Waals surface area contributed by atoms with E-state index in [2.05, 4.69) is 66.7 Å². The number of alkyl halides is 1. The van der Waals surface area contributed by atoms with Gasteiger partial charge >= 0.3 is 0 Å². The normalized spacial score (nSPS) is 14.0. The first-order valence-corrected chi connectivity index (χ1v) is 9.07. The van der Waals surface area contributed by atoms with Crippen LogP contribution in [0.25, 0.3) is 0 Å². The van der Waals surface area contributed by atoms with Crippen molar-refractivity contribution in [1.82, 2.24) is 0 Å². The molecule has 0 aromatic heterocycles. The van der Waals surface area contributed by atoms with Gasteiger partial charge in [-0.25, -0.2) is 0 Å². The van der Waals surface area contributed by atoms with Gasteiger partial charge in [-0.05, 0) is 41.7 Å². The van der Waals surface area contributed by atoms with Gasteiger partial charge in [0, 0.05) is 5.56 Å². The second kappa shape index (κ2) is 7.73. The smallest absolute Gasteiger partial charge is 0.172 e. The Labute approximate surface area is 142 Å². The summed E-state index contributed by atoms with van der Waals surface area (Å²) in [6.45, 7) is 15.8. The molecular formula is C20H33ClO. The van der Waals surface area contributed by atoms with Gasteiger partial charge in [0.1, 0.15) is 5.75 Å². The summed E-state index contributed by atoms with van der Waals surface area (Å²) in [6.07, 6.45) is 4.09. The Morgan fingerprint density at radius 2 is 1.59 bits per heavy atom.